The zero-order valence-corrected chi connectivity index (χ0v) is 15.6. The van der Waals surface area contributed by atoms with Crippen LogP contribution >= 0.6 is 15.9 Å². The monoisotopic (exact) mass is 388 g/mol. The van der Waals surface area contributed by atoms with Gasteiger partial charge in [-0.05, 0) is 29.8 Å². The number of likely N-dealkylation sites (N-methyl/N-ethyl adjacent to an activating group) is 1. The molecule has 0 fully saturated rings. The lowest BCUT2D eigenvalue weighted by Crippen LogP contribution is -2.49. The Morgan fingerprint density at radius 3 is 2.12 bits per heavy atom. The molecule has 2 amide bonds. The highest BCUT2D eigenvalue weighted by atomic mass is 79.9. The minimum Gasteiger partial charge on any atom is -0.347 e. The molecule has 1 N–H and O–H groups in total. The molecular weight excluding hydrogens is 368 g/mol. The third-order valence-corrected chi connectivity index (χ3v) is 4.45. The van der Waals surface area contributed by atoms with Crippen LogP contribution in [0.2, 0.25) is 0 Å². The van der Waals surface area contributed by atoms with Crippen molar-refractivity contribution in [1.29, 1.82) is 0 Å². The largest absolute Gasteiger partial charge is 0.347 e. The van der Waals surface area contributed by atoms with Gasteiger partial charge in [-0.25, -0.2) is 0 Å². The summed E-state index contributed by atoms with van der Waals surface area (Å²) in [4.78, 5) is 26.6. The van der Waals surface area contributed by atoms with Gasteiger partial charge in [0.1, 0.15) is 6.04 Å². The Morgan fingerprint density at radius 2 is 1.58 bits per heavy atom. The lowest BCUT2D eigenvalue weighted by atomic mass is 9.92. The summed E-state index contributed by atoms with van der Waals surface area (Å²) in [5.41, 5.74) is 1.53. The van der Waals surface area contributed by atoms with Gasteiger partial charge in [0, 0.05) is 30.0 Å². The second kappa shape index (κ2) is 8.11. The van der Waals surface area contributed by atoms with Crippen LogP contribution in [0.25, 0.3) is 0 Å². The van der Waals surface area contributed by atoms with E-state index < -0.39 is 6.04 Å². The summed E-state index contributed by atoms with van der Waals surface area (Å²) in [5, 5.41) is 2.89. The highest BCUT2D eigenvalue weighted by Crippen LogP contribution is 2.21. The molecule has 2 aromatic carbocycles. The average molecular weight is 389 g/mol. The fourth-order valence-corrected chi connectivity index (χ4v) is 2.72. The number of nitrogens with zero attached hydrogens (tertiary/aromatic N) is 1. The summed E-state index contributed by atoms with van der Waals surface area (Å²) in [7, 11) is 3.39. The van der Waals surface area contributed by atoms with E-state index in [1.54, 1.807) is 38.4 Å². The number of rotatable bonds is 5. The Bertz CT molecular complexity index is 699. The minimum absolute atomic E-state index is 0.128. The Balaban J connectivity index is 2.25. The van der Waals surface area contributed by atoms with Crippen molar-refractivity contribution in [3.8, 4) is 0 Å². The van der Waals surface area contributed by atoms with Crippen molar-refractivity contribution in [3.05, 3.63) is 70.2 Å². The quantitative estimate of drug-likeness (QED) is 0.852. The van der Waals surface area contributed by atoms with Crippen LogP contribution in [0.15, 0.2) is 59.1 Å². The summed E-state index contributed by atoms with van der Waals surface area (Å²) < 4.78 is 0.901. The lowest BCUT2D eigenvalue weighted by Gasteiger charge is -2.27. The number of benzene rings is 2. The zero-order valence-electron chi connectivity index (χ0n) is 14.0. The third-order valence-electron chi connectivity index (χ3n) is 3.93. The van der Waals surface area contributed by atoms with Crippen molar-refractivity contribution >= 4 is 27.7 Å². The van der Waals surface area contributed by atoms with Crippen LogP contribution in [-0.2, 0) is 4.79 Å². The van der Waals surface area contributed by atoms with Gasteiger partial charge in [0.15, 0.2) is 0 Å². The Labute approximate surface area is 151 Å². The van der Waals surface area contributed by atoms with Gasteiger partial charge in [-0.3, -0.25) is 9.59 Å². The van der Waals surface area contributed by atoms with Gasteiger partial charge in [-0.1, -0.05) is 53.2 Å². The van der Waals surface area contributed by atoms with Crippen LogP contribution < -0.4 is 5.32 Å². The first kappa shape index (κ1) is 18.2. The molecule has 2 aromatic rings. The molecule has 0 aliphatic carbocycles. The molecule has 0 spiro atoms. The van der Waals surface area contributed by atoms with E-state index in [1.807, 2.05) is 37.3 Å². The van der Waals surface area contributed by atoms with Crippen molar-refractivity contribution in [2.24, 2.45) is 0 Å². The Morgan fingerprint density at radius 1 is 1.00 bits per heavy atom. The molecule has 24 heavy (non-hydrogen) atoms. The molecular formula is C19H21BrN2O2. The molecule has 5 heteroatoms. The van der Waals surface area contributed by atoms with Gasteiger partial charge < -0.3 is 10.2 Å². The van der Waals surface area contributed by atoms with Gasteiger partial charge in [0.25, 0.3) is 5.91 Å². The van der Waals surface area contributed by atoms with Gasteiger partial charge in [-0.2, -0.15) is 0 Å². The normalized spacial score (nSPS) is 13.0. The van der Waals surface area contributed by atoms with Crippen molar-refractivity contribution < 1.29 is 9.59 Å². The predicted molar refractivity (Wildman–Crippen MR) is 98.9 cm³/mol. The molecule has 126 valence electrons. The summed E-state index contributed by atoms with van der Waals surface area (Å²) >= 11 is 3.35. The van der Waals surface area contributed by atoms with Crippen LogP contribution in [0.5, 0.6) is 0 Å². The molecule has 0 aliphatic heterocycles. The topological polar surface area (TPSA) is 49.4 Å². The first-order valence-electron chi connectivity index (χ1n) is 7.72. The number of amides is 2. The summed E-state index contributed by atoms with van der Waals surface area (Å²) in [5.74, 6) is -0.525. The van der Waals surface area contributed by atoms with Gasteiger partial charge in [0.05, 0.1) is 0 Å². The molecule has 0 aliphatic rings. The van der Waals surface area contributed by atoms with E-state index in [4.69, 9.17) is 0 Å². The molecule has 2 rings (SSSR count). The van der Waals surface area contributed by atoms with Gasteiger partial charge in [-0.15, -0.1) is 0 Å². The van der Waals surface area contributed by atoms with E-state index in [2.05, 4.69) is 21.2 Å². The SMILES string of the molecule is C[C@@H](c1ccccc1)[C@H](NC(=O)c1ccc(Br)cc1)C(=O)N(C)C. The van der Waals surface area contributed by atoms with Crippen LogP contribution in [0.3, 0.4) is 0 Å². The summed E-state index contributed by atoms with van der Waals surface area (Å²) in [6.45, 7) is 1.95. The number of carbonyl (C=O) groups is 2. The van der Waals surface area contributed by atoms with Crippen molar-refractivity contribution in [1.82, 2.24) is 10.2 Å². The molecule has 0 saturated carbocycles. The van der Waals surface area contributed by atoms with Crippen LogP contribution in [0.4, 0.5) is 0 Å². The summed E-state index contributed by atoms with van der Waals surface area (Å²) in [6.07, 6.45) is 0. The minimum atomic E-state index is -0.626. The molecule has 0 radical (unpaired) electrons. The summed E-state index contributed by atoms with van der Waals surface area (Å²) in [6, 6.07) is 16.2. The van der Waals surface area contributed by atoms with E-state index in [0.717, 1.165) is 10.0 Å². The maximum atomic E-state index is 12.6. The van der Waals surface area contributed by atoms with Crippen molar-refractivity contribution in [2.75, 3.05) is 14.1 Å². The molecule has 4 nitrogen and oxygen atoms in total. The van der Waals surface area contributed by atoms with Crippen molar-refractivity contribution in [2.45, 2.75) is 18.9 Å². The second-order valence-corrected chi connectivity index (χ2v) is 6.81. The standard InChI is InChI=1S/C19H21BrN2O2/c1-13(14-7-5-4-6-8-14)17(19(24)22(2)3)21-18(23)15-9-11-16(20)12-10-15/h4-13,17H,1-3H3,(H,21,23)/t13-,17-/m0/s1. The molecule has 0 bridgehead atoms. The van der Waals surface area contributed by atoms with E-state index in [9.17, 15) is 9.59 Å². The molecule has 0 unspecified atom stereocenters. The van der Waals surface area contributed by atoms with Crippen LogP contribution in [-0.4, -0.2) is 36.9 Å². The van der Waals surface area contributed by atoms with E-state index in [0.29, 0.717) is 5.56 Å². The van der Waals surface area contributed by atoms with Crippen LogP contribution in [0, 0.1) is 0 Å². The Kier molecular flexibility index (Phi) is 6.15. The van der Waals surface area contributed by atoms with E-state index in [1.165, 1.54) is 4.90 Å². The van der Waals surface area contributed by atoms with E-state index >= 15 is 0 Å². The number of halogens is 1. The third kappa shape index (κ3) is 4.45. The number of hydrogen-bond donors (Lipinski definition) is 1. The predicted octanol–water partition coefficient (Wildman–Crippen LogP) is 3.44. The van der Waals surface area contributed by atoms with Gasteiger partial charge in [0.2, 0.25) is 5.91 Å². The first-order valence-corrected chi connectivity index (χ1v) is 8.52. The Hall–Kier alpha value is -2.14. The highest BCUT2D eigenvalue weighted by molar-refractivity contribution is 9.10. The number of carbonyl (C=O) groups excluding carboxylic acids is 2. The zero-order chi connectivity index (χ0) is 17.7. The number of hydrogen-bond acceptors (Lipinski definition) is 2. The average Bonchev–Trinajstić information content (AvgIpc) is 2.59. The molecule has 0 aromatic heterocycles. The van der Waals surface area contributed by atoms with E-state index in [-0.39, 0.29) is 17.7 Å². The molecule has 0 saturated heterocycles. The fourth-order valence-electron chi connectivity index (χ4n) is 2.45. The van der Waals surface area contributed by atoms with Crippen LogP contribution in [0.1, 0.15) is 28.8 Å². The maximum absolute atomic E-state index is 12.6. The lowest BCUT2D eigenvalue weighted by molar-refractivity contribution is -0.131. The second-order valence-electron chi connectivity index (χ2n) is 5.89. The maximum Gasteiger partial charge on any atom is 0.251 e. The van der Waals surface area contributed by atoms with Crippen molar-refractivity contribution in [3.63, 3.8) is 0 Å². The smallest absolute Gasteiger partial charge is 0.251 e. The van der Waals surface area contributed by atoms with Gasteiger partial charge >= 0.3 is 0 Å². The fraction of sp³-hybridized carbons (Fsp3) is 0.263. The highest BCUT2D eigenvalue weighted by Gasteiger charge is 2.29. The first-order chi connectivity index (χ1) is 11.4. The molecule has 0 heterocycles. The molecule has 2 atom stereocenters. The number of nitrogens with one attached hydrogen (secondary N) is 1.